The molecule has 0 unspecified atom stereocenters. The molecule has 1 aromatic carbocycles. The fraction of sp³-hybridized carbons (Fsp3) is 0.222. The van der Waals surface area contributed by atoms with Crippen LogP contribution in [-0.2, 0) is 11.3 Å². The Morgan fingerprint density at radius 3 is 2.93 bits per heavy atom. The molecular weight excluding hydrogens is 269 g/mol. The molecule has 0 saturated heterocycles. The van der Waals surface area contributed by atoms with Crippen LogP contribution in [0.4, 0.5) is 4.39 Å². The van der Waals surface area contributed by atoms with Gasteiger partial charge in [-0.2, -0.15) is 0 Å². The van der Waals surface area contributed by atoms with Crippen molar-refractivity contribution in [2.45, 2.75) is 6.54 Å². The lowest BCUT2D eigenvalue weighted by Crippen LogP contribution is -1.94. The van der Waals surface area contributed by atoms with Crippen LogP contribution >= 0.6 is 15.9 Å². The van der Waals surface area contributed by atoms with Crippen molar-refractivity contribution < 1.29 is 19.0 Å². The maximum Gasteiger partial charge on any atom is 0.235 e. The van der Waals surface area contributed by atoms with Crippen LogP contribution in [0.25, 0.3) is 0 Å². The minimum atomic E-state index is -0.615. The molecule has 0 heterocycles. The maximum absolute atomic E-state index is 13.4. The van der Waals surface area contributed by atoms with E-state index in [0.717, 1.165) is 6.07 Å². The third-order valence-corrected chi connectivity index (χ3v) is 2.63. The minimum absolute atomic E-state index is 0.0122. The second kappa shape index (κ2) is 4.91. The highest BCUT2D eigenvalue weighted by Crippen LogP contribution is 2.38. The smallest absolute Gasteiger partial charge is 0.235 e. The van der Waals surface area contributed by atoms with E-state index in [0.29, 0.717) is 0 Å². The molecule has 0 saturated carbocycles. The van der Waals surface area contributed by atoms with Gasteiger partial charge < -0.3 is 9.84 Å². The monoisotopic (exact) mass is 275 g/mol. The van der Waals surface area contributed by atoms with E-state index in [1.165, 1.54) is 13.2 Å². The molecule has 0 aromatic heterocycles. The SMILES string of the molecule is COc1cc(F)c(CN=C=O)c(Br)c1O. The Balaban J connectivity index is 3.28. The van der Waals surface area contributed by atoms with E-state index >= 15 is 0 Å². The van der Waals surface area contributed by atoms with Gasteiger partial charge >= 0.3 is 0 Å². The quantitative estimate of drug-likeness (QED) is 0.679. The molecule has 6 heteroatoms. The second-order valence-electron chi connectivity index (χ2n) is 2.61. The highest BCUT2D eigenvalue weighted by Gasteiger charge is 2.16. The van der Waals surface area contributed by atoms with Crippen molar-refractivity contribution in [1.29, 1.82) is 0 Å². The van der Waals surface area contributed by atoms with Gasteiger partial charge in [0.2, 0.25) is 6.08 Å². The van der Waals surface area contributed by atoms with Crippen LogP contribution in [0, 0.1) is 5.82 Å². The van der Waals surface area contributed by atoms with Gasteiger partial charge in [0.1, 0.15) is 5.82 Å². The molecule has 0 bridgehead atoms. The molecule has 0 amide bonds. The van der Waals surface area contributed by atoms with Crippen molar-refractivity contribution >= 4 is 22.0 Å². The van der Waals surface area contributed by atoms with Gasteiger partial charge in [-0.3, -0.25) is 0 Å². The molecule has 0 aliphatic carbocycles. The number of halogens is 2. The number of nitrogens with zero attached hydrogens (tertiary/aromatic N) is 1. The number of ether oxygens (including phenoxy) is 1. The molecule has 0 radical (unpaired) electrons. The van der Waals surface area contributed by atoms with Crippen molar-refractivity contribution in [2.24, 2.45) is 4.99 Å². The Hall–Kier alpha value is -1.39. The summed E-state index contributed by atoms with van der Waals surface area (Å²) in [4.78, 5) is 13.1. The average Bonchev–Trinajstić information content (AvgIpc) is 2.23. The summed E-state index contributed by atoms with van der Waals surface area (Å²) in [5.41, 5.74) is 0.0802. The van der Waals surface area contributed by atoms with Crippen LogP contribution in [0.3, 0.4) is 0 Å². The first-order chi connectivity index (χ1) is 7.11. The van der Waals surface area contributed by atoms with Crippen molar-refractivity contribution in [3.63, 3.8) is 0 Å². The number of phenols is 1. The Labute approximate surface area is 93.5 Å². The van der Waals surface area contributed by atoms with Gasteiger partial charge in [-0.15, -0.1) is 0 Å². The van der Waals surface area contributed by atoms with Gasteiger partial charge in [0.15, 0.2) is 11.5 Å². The number of hydrogen-bond donors (Lipinski definition) is 1. The molecule has 0 aliphatic rings. The van der Waals surface area contributed by atoms with Crippen molar-refractivity contribution in [1.82, 2.24) is 0 Å². The van der Waals surface area contributed by atoms with E-state index in [2.05, 4.69) is 20.9 Å². The number of hydrogen-bond acceptors (Lipinski definition) is 4. The molecule has 1 N–H and O–H groups in total. The van der Waals surface area contributed by atoms with Gasteiger partial charge in [0.05, 0.1) is 18.1 Å². The number of phenolic OH excluding ortho intramolecular Hbond substituents is 1. The van der Waals surface area contributed by atoms with Gasteiger partial charge in [0, 0.05) is 11.6 Å². The first-order valence-corrected chi connectivity index (χ1v) is 4.68. The highest BCUT2D eigenvalue weighted by atomic mass is 79.9. The standard InChI is InChI=1S/C9H7BrFNO3/c1-15-7-2-6(11)5(3-12-4-13)8(10)9(7)14/h2,14H,3H2,1H3. The Bertz CT molecular complexity index is 430. The number of methoxy groups -OCH3 is 1. The molecule has 0 spiro atoms. The normalized spacial score (nSPS) is 9.53. The summed E-state index contributed by atoms with van der Waals surface area (Å²) in [7, 11) is 1.31. The maximum atomic E-state index is 13.4. The fourth-order valence-corrected chi connectivity index (χ4v) is 1.55. The van der Waals surface area contributed by atoms with Gasteiger partial charge in [-0.25, -0.2) is 14.2 Å². The minimum Gasteiger partial charge on any atom is -0.503 e. The van der Waals surface area contributed by atoms with Gasteiger partial charge in [-0.05, 0) is 15.9 Å². The van der Waals surface area contributed by atoms with Crippen molar-refractivity contribution in [3.8, 4) is 11.5 Å². The molecule has 1 rings (SSSR count). The summed E-state index contributed by atoms with van der Waals surface area (Å²) in [5, 5.41) is 9.52. The first kappa shape index (κ1) is 11.7. The largest absolute Gasteiger partial charge is 0.503 e. The fourth-order valence-electron chi connectivity index (χ4n) is 1.04. The second-order valence-corrected chi connectivity index (χ2v) is 3.40. The summed E-state index contributed by atoms with van der Waals surface area (Å²) < 4.78 is 18.3. The molecule has 80 valence electrons. The van der Waals surface area contributed by atoms with Crippen molar-refractivity contribution in [3.05, 3.63) is 21.9 Å². The topological polar surface area (TPSA) is 58.9 Å². The lowest BCUT2D eigenvalue weighted by molar-refractivity contribution is 0.367. The van der Waals surface area contributed by atoms with Gasteiger partial charge in [0.25, 0.3) is 0 Å². The van der Waals surface area contributed by atoms with E-state index in [1.54, 1.807) is 0 Å². The predicted molar refractivity (Wildman–Crippen MR) is 54.1 cm³/mol. The zero-order chi connectivity index (χ0) is 11.4. The van der Waals surface area contributed by atoms with Crippen molar-refractivity contribution in [2.75, 3.05) is 7.11 Å². The van der Waals surface area contributed by atoms with Crippen LogP contribution in [-0.4, -0.2) is 18.3 Å². The molecular formula is C9H7BrFNO3. The number of benzene rings is 1. The van der Waals surface area contributed by atoms with E-state index in [-0.39, 0.29) is 28.1 Å². The summed E-state index contributed by atoms with van der Waals surface area (Å²) in [6.45, 7) is -0.187. The van der Waals surface area contributed by atoms with E-state index in [9.17, 15) is 14.3 Å². The summed E-state index contributed by atoms with van der Waals surface area (Å²) in [5.74, 6) is -0.830. The molecule has 4 nitrogen and oxygen atoms in total. The van der Waals surface area contributed by atoms with Crippen LogP contribution in [0.2, 0.25) is 0 Å². The molecule has 15 heavy (non-hydrogen) atoms. The van der Waals surface area contributed by atoms with E-state index in [4.69, 9.17) is 4.74 Å². The van der Waals surface area contributed by atoms with Crippen LogP contribution in [0.1, 0.15) is 5.56 Å². The summed E-state index contributed by atoms with van der Waals surface area (Å²) in [6.07, 6.45) is 1.29. The average molecular weight is 276 g/mol. The number of aromatic hydroxyl groups is 1. The van der Waals surface area contributed by atoms with Crippen LogP contribution < -0.4 is 4.74 Å². The number of aliphatic imine (C=N–C) groups is 1. The number of isocyanates is 1. The Morgan fingerprint density at radius 2 is 2.40 bits per heavy atom. The highest BCUT2D eigenvalue weighted by molar-refractivity contribution is 9.10. The van der Waals surface area contributed by atoms with E-state index in [1.807, 2.05) is 0 Å². The lowest BCUT2D eigenvalue weighted by Gasteiger charge is -2.09. The number of rotatable bonds is 3. The van der Waals surface area contributed by atoms with Gasteiger partial charge in [-0.1, -0.05) is 0 Å². The third kappa shape index (κ3) is 2.34. The summed E-state index contributed by atoms with van der Waals surface area (Å²) >= 11 is 2.99. The Kier molecular flexibility index (Phi) is 3.82. The van der Waals surface area contributed by atoms with E-state index < -0.39 is 5.82 Å². The zero-order valence-corrected chi connectivity index (χ0v) is 9.34. The summed E-state index contributed by atoms with van der Waals surface area (Å²) in [6, 6.07) is 1.02. The predicted octanol–water partition coefficient (Wildman–Crippen LogP) is 2.14. The van der Waals surface area contributed by atoms with Crippen LogP contribution in [0.15, 0.2) is 15.5 Å². The lowest BCUT2D eigenvalue weighted by atomic mass is 10.2. The third-order valence-electron chi connectivity index (χ3n) is 1.77. The molecule has 1 aromatic rings. The number of carbonyl (C=O) groups excluding carboxylic acids is 1. The molecule has 0 atom stereocenters. The first-order valence-electron chi connectivity index (χ1n) is 3.89. The molecule has 0 fully saturated rings. The zero-order valence-electron chi connectivity index (χ0n) is 7.75. The Morgan fingerprint density at radius 1 is 1.73 bits per heavy atom. The van der Waals surface area contributed by atoms with Crippen LogP contribution in [0.5, 0.6) is 11.5 Å². The molecule has 0 aliphatic heterocycles.